The van der Waals surface area contributed by atoms with Crippen molar-refractivity contribution in [2.24, 2.45) is 0 Å². The molecule has 1 N–H and O–H groups in total. The van der Waals surface area contributed by atoms with E-state index in [4.69, 9.17) is 16.3 Å². The molecule has 0 spiro atoms. The summed E-state index contributed by atoms with van der Waals surface area (Å²) in [6.45, 7) is 1.85. The molecule has 3 aromatic rings. The first-order chi connectivity index (χ1) is 13.6. The number of ketones is 1. The number of hydrogen-bond donors (Lipinski definition) is 1. The third kappa shape index (κ3) is 4.59. The topological polar surface area (TPSA) is 55.4 Å². The number of rotatable bonds is 7. The zero-order chi connectivity index (χ0) is 19.9. The summed E-state index contributed by atoms with van der Waals surface area (Å²) in [5.74, 6) is -0.0490. The summed E-state index contributed by atoms with van der Waals surface area (Å²) in [6.07, 6.45) is -0.286. The summed E-state index contributed by atoms with van der Waals surface area (Å²) < 4.78 is 5.78. The van der Waals surface area contributed by atoms with Crippen molar-refractivity contribution in [2.75, 3.05) is 5.32 Å². The molecule has 28 heavy (non-hydrogen) atoms. The van der Waals surface area contributed by atoms with E-state index in [1.807, 2.05) is 13.0 Å². The molecule has 0 aliphatic heterocycles. The van der Waals surface area contributed by atoms with Gasteiger partial charge in [0, 0.05) is 11.1 Å². The van der Waals surface area contributed by atoms with E-state index in [1.165, 1.54) is 0 Å². The lowest BCUT2D eigenvalue weighted by atomic mass is 10.0. The Hall–Kier alpha value is -3.11. The van der Waals surface area contributed by atoms with Crippen molar-refractivity contribution in [1.82, 2.24) is 0 Å². The van der Waals surface area contributed by atoms with E-state index in [1.54, 1.807) is 72.8 Å². The molecule has 4 nitrogen and oxygen atoms in total. The SMILES string of the molecule is CCC(Oc1ccccc1Cl)C(=O)Nc1ccccc1C(=O)c1ccccc1. The van der Waals surface area contributed by atoms with E-state index in [-0.39, 0.29) is 11.7 Å². The molecule has 0 saturated carbocycles. The Labute approximate surface area is 169 Å². The minimum Gasteiger partial charge on any atom is -0.479 e. The molecule has 0 aromatic heterocycles. The molecule has 1 amide bonds. The highest BCUT2D eigenvalue weighted by atomic mass is 35.5. The Bertz CT molecular complexity index is 972. The van der Waals surface area contributed by atoms with Gasteiger partial charge in [0.25, 0.3) is 5.91 Å². The zero-order valence-corrected chi connectivity index (χ0v) is 16.1. The first kappa shape index (κ1) is 19.6. The highest BCUT2D eigenvalue weighted by Gasteiger charge is 2.22. The smallest absolute Gasteiger partial charge is 0.265 e. The minimum absolute atomic E-state index is 0.156. The minimum atomic E-state index is -0.736. The maximum absolute atomic E-state index is 12.8. The second-order valence-electron chi connectivity index (χ2n) is 6.18. The van der Waals surface area contributed by atoms with Crippen LogP contribution in [0.3, 0.4) is 0 Å². The lowest BCUT2D eigenvalue weighted by Gasteiger charge is -2.19. The average Bonchev–Trinajstić information content (AvgIpc) is 2.73. The van der Waals surface area contributed by atoms with Crippen molar-refractivity contribution in [1.29, 1.82) is 0 Å². The van der Waals surface area contributed by atoms with E-state index < -0.39 is 6.10 Å². The average molecular weight is 394 g/mol. The van der Waals surface area contributed by atoms with Crippen LogP contribution in [0.25, 0.3) is 0 Å². The molecule has 3 aromatic carbocycles. The number of ether oxygens (including phenoxy) is 1. The summed E-state index contributed by atoms with van der Waals surface area (Å²) in [5.41, 5.74) is 1.43. The summed E-state index contributed by atoms with van der Waals surface area (Å²) in [6, 6.07) is 22.9. The van der Waals surface area contributed by atoms with Crippen molar-refractivity contribution >= 4 is 29.0 Å². The van der Waals surface area contributed by atoms with Gasteiger partial charge in [-0.05, 0) is 30.7 Å². The molecule has 1 atom stereocenters. The number of carbonyl (C=O) groups is 2. The van der Waals surface area contributed by atoms with Gasteiger partial charge in [-0.1, -0.05) is 73.1 Å². The fourth-order valence-corrected chi connectivity index (χ4v) is 2.94. The van der Waals surface area contributed by atoms with Gasteiger partial charge in [-0.2, -0.15) is 0 Å². The van der Waals surface area contributed by atoms with Crippen molar-refractivity contribution in [3.05, 3.63) is 95.0 Å². The standard InChI is InChI=1S/C23H20ClNO3/c1-2-20(28-21-15-9-7-13-18(21)24)23(27)25-19-14-8-6-12-17(19)22(26)16-10-4-3-5-11-16/h3-15,20H,2H2,1H3,(H,25,27). The number of benzene rings is 3. The lowest BCUT2D eigenvalue weighted by Crippen LogP contribution is -2.33. The van der Waals surface area contributed by atoms with Gasteiger partial charge >= 0.3 is 0 Å². The second kappa shape index (κ2) is 9.20. The van der Waals surface area contributed by atoms with Crippen LogP contribution in [0, 0.1) is 0 Å². The van der Waals surface area contributed by atoms with E-state index in [0.717, 1.165) is 0 Å². The predicted octanol–water partition coefficient (Wildman–Crippen LogP) is 5.37. The van der Waals surface area contributed by atoms with Crippen LogP contribution < -0.4 is 10.1 Å². The van der Waals surface area contributed by atoms with Crippen LogP contribution in [-0.2, 0) is 4.79 Å². The van der Waals surface area contributed by atoms with Crippen LogP contribution in [0.15, 0.2) is 78.9 Å². The number of nitrogens with one attached hydrogen (secondary N) is 1. The number of carbonyl (C=O) groups excluding carboxylic acids is 2. The number of para-hydroxylation sites is 2. The number of amides is 1. The Morgan fingerprint density at radius 3 is 2.29 bits per heavy atom. The number of hydrogen-bond acceptors (Lipinski definition) is 3. The first-order valence-electron chi connectivity index (χ1n) is 9.01. The third-order valence-electron chi connectivity index (χ3n) is 4.23. The molecule has 0 aliphatic carbocycles. The Balaban J connectivity index is 1.80. The predicted molar refractivity (Wildman–Crippen MR) is 111 cm³/mol. The quantitative estimate of drug-likeness (QED) is 0.549. The molecule has 0 bridgehead atoms. The van der Waals surface area contributed by atoms with Gasteiger partial charge in [-0.15, -0.1) is 0 Å². The van der Waals surface area contributed by atoms with Crippen molar-refractivity contribution in [3.8, 4) is 5.75 Å². The summed E-state index contributed by atoms with van der Waals surface area (Å²) in [7, 11) is 0. The largest absolute Gasteiger partial charge is 0.479 e. The fraction of sp³-hybridized carbons (Fsp3) is 0.130. The van der Waals surface area contributed by atoms with Gasteiger partial charge in [0.1, 0.15) is 5.75 Å². The van der Waals surface area contributed by atoms with Gasteiger partial charge < -0.3 is 10.1 Å². The van der Waals surface area contributed by atoms with Crippen molar-refractivity contribution in [2.45, 2.75) is 19.4 Å². The maximum Gasteiger partial charge on any atom is 0.265 e. The highest BCUT2D eigenvalue weighted by Crippen LogP contribution is 2.26. The summed E-state index contributed by atoms with van der Waals surface area (Å²) >= 11 is 6.12. The van der Waals surface area contributed by atoms with Crippen molar-refractivity contribution < 1.29 is 14.3 Å². The van der Waals surface area contributed by atoms with Gasteiger partial charge in [0.05, 0.1) is 10.7 Å². The molecule has 3 rings (SSSR count). The van der Waals surface area contributed by atoms with Gasteiger partial charge in [-0.3, -0.25) is 9.59 Å². The third-order valence-corrected chi connectivity index (χ3v) is 4.55. The monoisotopic (exact) mass is 393 g/mol. The maximum atomic E-state index is 12.8. The van der Waals surface area contributed by atoms with Gasteiger partial charge in [0.15, 0.2) is 11.9 Å². The molecule has 0 aliphatic rings. The molecular formula is C23H20ClNO3. The molecular weight excluding hydrogens is 374 g/mol. The first-order valence-corrected chi connectivity index (χ1v) is 9.38. The van der Waals surface area contributed by atoms with Crippen LogP contribution >= 0.6 is 11.6 Å². The van der Waals surface area contributed by atoms with Crippen LogP contribution in [-0.4, -0.2) is 17.8 Å². The zero-order valence-electron chi connectivity index (χ0n) is 15.4. The molecule has 0 fully saturated rings. The number of anilines is 1. The molecule has 0 saturated heterocycles. The Morgan fingerprint density at radius 2 is 1.57 bits per heavy atom. The van der Waals surface area contributed by atoms with E-state index in [0.29, 0.717) is 34.0 Å². The van der Waals surface area contributed by atoms with E-state index >= 15 is 0 Å². The van der Waals surface area contributed by atoms with Crippen molar-refractivity contribution in [3.63, 3.8) is 0 Å². The number of halogens is 1. The second-order valence-corrected chi connectivity index (χ2v) is 6.58. The van der Waals surface area contributed by atoms with Crippen LogP contribution in [0.1, 0.15) is 29.3 Å². The molecule has 0 heterocycles. The van der Waals surface area contributed by atoms with Gasteiger partial charge in [-0.25, -0.2) is 0 Å². The Kier molecular flexibility index (Phi) is 6.45. The molecule has 0 radical (unpaired) electrons. The lowest BCUT2D eigenvalue weighted by molar-refractivity contribution is -0.122. The summed E-state index contributed by atoms with van der Waals surface area (Å²) in [4.78, 5) is 25.6. The van der Waals surface area contributed by atoms with E-state index in [9.17, 15) is 9.59 Å². The van der Waals surface area contributed by atoms with Crippen LogP contribution in [0.5, 0.6) is 5.75 Å². The molecule has 1 unspecified atom stereocenters. The van der Waals surface area contributed by atoms with E-state index in [2.05, 4.69) is 5.32 Å². The normalized spacial score (nSPS) is 11.5. The van der Waals surface area contributed by atoms with Gasteiger partial charge in [0.2, 0.25) is 0 Å². The molecule has 142 valence electrons. The summed E-state index contributed by atoms with van der Waals surface area (Å²) in [5, 5.41) is 3.26. The molecule has 5 heteroatoms. The van der Waals surface area contributed by atoms with Crippen LogP contribution in [0.2, 0.25) is 5.02 Å². The Morgan fingerprint density at radius 1 is 0.929 bits per heavy atom. The highest BCUT2D eigenvalue weighted by molar-refractivity contribution is 6.32. The fourth-order valence-electron chi connectivity index (χ4n) is 2.76. The van der Waals surface area contributed by atoms with Crippen LogP contribution in [0.4, 0.5) is 5.69 Å².